The van der Waals surface area contributed by atoms with Crippen LogP contribution in [0.3, 0.4) is 0 Å². The molecule has 0 heterocycles. The van der Waals surface area contributed by atoms with Gasteiger partial charge in [-0.3, -0.25) is 0 Å². The van der Waals surface area contributed by atoms with E-state index in [4.69, 9.17) is 10.5 Å². The van der Waals surface area contributed by atoms with Crippen LogP contribution in [-0.4, -0.2) is 6.61 Å². The summed E-state index contributed by atoms with van der Waals surface area (Å²) in [6.07, 6.45) is 3.59. The molecule has 16 heavy (non-hydrogen) atoms. The van der Waals surface area contributed by atoms with E-state index in [1.807, 2.05) is 19.1 Å². The van der Waals surface area contributed by atoms with Gasteiger partial charge in [-0.15, -0.1) is 0 Å². The van der Waals surface area contributed by atoms with Crippen LogP contribution in [0.1, 0.15) is 50.3 Å². The van der Waals surface area contributed by atoms with Crippen LogP contribution in [0.2, 0.25) is 0 Å². The van der Waals surface area contributed by atoms with E-state index in [9.17, 15) is 0 Å². The molecule has 0 saturated heterocycles. The quantitative estimate of drug-likeness (QED) is 0.745. The Balaban J connectivity index is 2.54. The molecular formula is C14H23NO. The number of hydrogen-bond donors (Lipinski definition) is 1. The molecule has 1 atom stereocenters. The van der Waals surface area contributed by atoms with Crippen molar-refractivity contribution in [3.8, 4) is 5.75 Å². The van der Waals surface area contributed by atoms with Gasteiger partial charge < -0.3 is 10.5 Å². The van der Waals surface area contributed by atoms with Gasteiger partial charge >= 0.3 is 0 Å². The summed E-state index contributed by atoms with van der Waals surface area (Å²) in [7, 11) is 0. The fraction of sp³-hybridized carbons (Fsp3) is 0.571. The summed E-state index contributed by atoms with van der Waals surface area (Å²) in [6, 6.07) is 6.28. The molecule has 2 heteroatoms. The minimum atomic E-state index is 0.0906. The predicted molar refractivity (Wildman–Crippen MR) is 68.8 cm³/mol. The topological polar surface area (TPSA) is 35.2 Å². The van der Waals surface area contributed by atoms with E-state index in [-0.39, 0.29) is 6.04 Å². The Bertz CT molecular complexity index is 321. The first kappa shape index (κ1) is 13.0. The second-order valence-corrected chi connectivity index (χ2v) is 4.37. The molecule has 0 aromatic heterocycles. The van der Waals surface area contributed by atoms with Crippen molar-refractivity contribution < 1.29 is 4.74 Å². The maximum absolute atomic E-state index is 5.83. The fourth-order valence-electron chi connectivity index (χ4n) is 1.65. The van der Waals surface area contributed by atoms with Gasteiger partial charge in [0.05, 0.1) is 6.61 Å². The van der Waals surface area contributed by atoms with Gasteiger partial charge in [-0.25, -0.2) is 0 Å². The largest absolute Gasteiger partial charge is 0.493 e. The van der Waals surface area contributed by atoms with E-state index in [2.05, 4.69) is 19.9 Å². The number of hydrogen-bond acceptors (Lipinski definition) is 2. The van der Waals surface area contributed by atoms with Crippen LogP contribution >= 0.6 is 0 Å². The molecule has 0 aliphatic heterocycles. The van der Waals surface area contributed by atoms with E-state index in [0.29, 0.717) is 0 Å². The van der Waals surface area contributed by atoms with Gasteiger partial charge in [0, 0.05) is 6.04 Å². The van der Waals surface area contributed by atoms with Crippen LogP contribution < -0.4 is 10.5 Å². The summed E-state index contributed by atoms with van der Waals surface area (Å²) >= 11 is 0. The van der Waals surface area contributed by atoms with Crippen LogP contribution in [-0.2, 0) is 0 Å². The second kappa shape index (κ2) is 6.54. The Kier molecular flexibility index (Phi) is 5.33. The third kappa shape index (κ3) is 3.86. The highest BCUT2D eigenvalue weighted by atomic mass is 16.5. The molecule has 0 aliphatic carbocycles. The number of unbranched alkanes of at least 4 members (excludes halogenated alkanes) is 2. The van der Waals surface area contributed by atoms with Crippen molar-refractivity contribution in [2.24, 2.45) is 5.73 Å². The van der Waals surface area contributed by atoms with Crippen molar-refractivity contribution in [2.45, 2.75) is 46.1 Å². The Hall–Kier alpha value is -1.02. The van der Waals surface area contributed by atoms with E-state index in [1.165, 1.54) is 24.0 Å². The monoisotopic (exact) mass is 221 g/mol. The Morgan fingerprint density at radius 1 is 1.31 bits per heavy atom. The van der Waals surface area contributed by atoms with Gasteiger partial charge in [-0.2, -0.15) is 0 Å². The van der Waals surface area contributed by atoms with Crippen LogP contribution in [0.4, 0.5) is 0 Å². The summed E-state index contributed by atoms with van der Waals surface area (Å²) in [5.41, 5.74) is 8.17. The molecule has 2 nitrogen and oxygen atoms in total. The number of nitrogens with two attached hydrogens (primary N) is 1. The molecule has 0 fully saturated rings. The fourth-order valence-corrected chi connectivity index (χ4v) is 1.65. The highest BCUT2D eigenvalue weighted by Gasteiger charge is 2.03. The van der Waals surface area contributed by atoms with Gasteiger partial charge in [0.1, 0.15) is 5.75 Å². The maximum atomic E-state index is 5.83. The minimum Gasteiger partial charge on any atom is -0.493 e. The molecule has 1 aromatic carbocycles. The summed E-state index contributed by atoms with van der Waals surface area (Å²) in [6.45, 7) is 7.08. The SMILES string of the molecule is CCCCCOc1ccc(C(C)N)cc1C. The first-order chi connectivity index (χ1) is 7.65. The molecule has 0 amide bonds. The molecule has 0 aliphatic rings. The normalized spacial score (nSPS) is 12.5. The molecule has 0 bridgehead atoms. The number of aryl methyl sites for hydroxylation is 1. The number of ether oxygens (including phenoxy) is 1. The molecule has 2 N–H and O–H groups in total. The molecule has 90 valence electrons. The standard InChI is InChI=1S/C14H23NO/c1-4-5-6-9-16-14-8-7-13(12(3)15)10-11(14)2/h7-8,10,12H,4-6,9,15H2,1-3H3. The molecule has 1 aromatic rings. The van der Waals surface area contributed by atoms with Gasteiger partial charge in [0.15, 0.2) is 0 Å². The molecular weight excluding hydrogens is 198 g/mol. The van der Waals surface area contributed by atoms with Crippen molar-refractivity contribution in [3.63, 3.8) is 0 Å². The van der Waals surface area contributed by atoms with Crippen LogP contribution in [0.5, 0.6) is 5.75 Å². The molecule has 1 unspecified atom stereocenters. The average Bonchev–Trinajstić information content (AvgIpc) is 2.26. The van der Waals surface area contributed by atoms with Crippen molar-refractivity contribution in [2.75, 3.05) is 6.61 Å². The van der Waals surface area contributed by atoms with E-state index >= 15 is 0 Å². The predicted octanol–water partition coefficient (Wildman–Crippen LogP) is 3.58. The van der Waals surface area contributed by atoms with Gasteiger partial charge in [0.2, 0.25) is 0 Å². The first-order valence-electron chi connectivity index (χ1n) is 6.14. The van der Waals surface area contributed by atoms with Gasteiger partial charge in [0.25, 0.3) is 0 Å². The van der Waals surface area contributed by atoms with E-state index < -0.39 is 0 Å². The molecule has 1 rings (SSSR count). The summed E-state index contributed by atoms with van der Waals surface area (Å²) < 4.78 is 5.73. The minimum absolute atomic E-state index is 0.0906. The lowest BCUT2D eigenvalue weighted by Gasteiger charge is -2.12. The third-order valence-corrected chi connectivity index (χ3v) is 2.73. The van der Waals surface area contributed by atoms with Crippen molar-refractivity contribution in [3.05, 3.63) is 29.3 Å². The smallest absolute Gasteiger partial charge is 0.122 e. The summed E-state index contributed by atoms with van der Waals surface area (Å²) in [5, 5.41) is 0. The van der Waals surface area contributed by atoms with Gasteiger partial charge in [-0.1, -0.05) is 31.9 Å². The number of benzene rings is 1. The highest BCUT2D eigenvalue weighted by Crippen LogP contribution is 2.22. The lowest BCUT2D eigenvalue weighted by Crippen LogP contribution is -2.06. The van der Waals surface area contributed by atoms with Crippen LogP contribution in [0.15, 0.2) is 18.2 Å². The van der Waals surface area contributed by atoms with Crippen LogP contribution in [0, 0.1) is 6.92 Å². The molecule has 0 radical (unpaired) electrons. The zero-order valence-electron chi connectivity index (χ0n) is 10.6. The maximum Gasteiger partial charge on any atom is 0.122 e. The Morgan fingerprint density at radius 3 is 2.62 bits per heavy atom. The Morgan fingerprint density at radius 2 is 2.06 bits per heavy atom. The second-order valence-electron chi connectivity index (χ2n) is 4.37. The molecule has 0 saturated carbocycles. The summed E-state index contributed by atoms with van der Waals surface area (Å²) in [5.74, 6) is 0.987. The lowest BCUT2D eigenvalue weighted by molar-refractivity contribution is 0.304. The lowest BCUT2D eigenvalue weighted by atomic mass is 10.1. The zero-order chi connectivity index (χ0) is 12.0. The summed E-state index contributed by atoms with van der Waals surface area (Å²) in [4.78, 5) is 0. The van der Waals surface area contributed by atoms with E-state index in [1.54, 1.807) is 0 Å². The zero-order valence-corrected chi connectivity index (χ0v) is 10.6. The van der Waals surface area contributed by atoms with Crippen molar-refractivity contribution >= 4 is 0 Å². The molecule has 0 spiro atoms. The van der Waals surface area contributed by atoms with Crippen molar-refractivity contribution in [1.29, 1.82) is 0 Å². The van der Waals surface area contributed by atoms with Crippen molar-refractivity contribution in [1.82, 2.24) is 0 Å². The highest BCUT2D eigenvalue weighted by molar-refractivity contribution is 5.37. The first-order valence-corrected chi connectivity index (χ1v) is 6.14. The third-order valence-electron chi connectivity index (χ3n) is 2.73. The van der Waals surface area contributed by atoms with Gasteiger partial charge in [-0.05, 0) is 37.5 Å². The Labute approximate surface area is 98.8 Å². The number of rotatable bonds is 6. The van der Waals surface area contributed by atoms with E-state index in [0.717, 1.165) is 18.8 Å². The van der Waals surface area contributed by atoms with Crippen LogP contribution in [0.25, 0.3) is 0 Å². The average molecular weight is 221 g/mol.